The van der Waals surface area contributed by atoms with Gasteiger partial charge in [0.15, 0.2) is 0 Å². The van der Waals surface area contributed by atoms with Crippen LogP contribution >= 0.6 is 11.6 Å². The first kappa shape index (κ1) is 10.6. The minimum atomic E-state index is 0.155. The summed E-state index contributed by atoms with van der Waals surface area (Å²) in [5.74, 6) is 0.641. The highest BCUT2D eigenvalue weighted by molar-refractivity contribution is 6.31. The molecule has 1 unspecified atom stereocenters. The van der Waals surface area contributed by atoms with Gasteiger partial charge in [-0.1, -0.05) is 11.6 Å². The molecular weight excluding hydrogens is 214 g/mol. The van der Waals surface area contributed by atoms with Crippen LogP contribution in [0.25, 0.3) is 0 Å². The van der Waals surface area contributed by atoms with Crippen molar-refractivity contribution >= 4 is 11.6 Å². The second-order valence-electron chi connectivity index (χ2n) is 3.86. The summed E-state index contributed by atoms with van der Waals surface area (Å²) in [4.78, 5) is 8.11. The van der Waals surface area contributed by atoms with Gasteiger partial charge in [0.25, 0.3) is 0 Å². The van der Waals surface area contributed by atoms with Crippen LogP contribution in [0.4, 0.5) is 0 Å². The van der Waals surface area contributed by atoms with Gasteiger partial charge in [0.2, 0.25) is 0 Å². The molecule has 0 bridgehead atoms. The van der Waals surface area contributed by atoms with Crippen LogP contribution in [0.2, 0.25) is 5.02 Å². The Balaban J connectivity index is 2.11. The second-order valence-corrected chi connectivity index (χ2v) is 4.26. The number of aromatic nitrogens is 2. The average Bonchev–Trinajstić information content (AvgIpc) is 3.04. The van der Waals surface area contributed by atoms with Crippen molar-refractivity contribution in [2.24, 2.45) is 11.7 Å². The standard InChI is InChI=1S/C10H14ClN3O/c1-15-10-13-5-7(11)9(14-10)4-8(12)6-2-3-6/h5-6,8H,2-4,12H2,1H3. The highest BCUT2D eigenvalue weighted by atomic mass is 35.5. The molecule has 4 nitrogen and oxygen atoms in total. The summed E-state index contributed by atoms with van der Waals surface area (Å²) in [5.41, 5.74) is 6.79. The Morgan fingerprint density at radius 3 is 3.00 bits per heavy atom. The maximum absolute atomic E-state index is 6.01. The van der Waals surface area contributed by atoms with Crippen molar-refractivity contribution in [3.63, 3.8) is 0 Å². The smallest absolute Gasteiger partial charge is 0.316 e. The third kappa shape index (κ3) is 2.58. The molecule has 1 saturated carbocycles. The van der Waals surface area contributed by atoms with Gasteiger partial charge in [-0.25, -0.2) is 4.98 Å². The van der Waals surface area contributed by atoms with Crippen LogP contribution in [0, 0.1) is 5.92 Å². The largest absolute Gasteiger partial charge is 0.467 e. The normalized spacial score (nSPS) is 17.5. The van der Waals surface area contributed by atoms with E-state index in [0.717, 1.165) is 5.69 Å². The molecule has 2 rings (SSSR count). The van der Waals surface area contributed by atoms with E-state index in [1.807, 2.05) is 0 Å². The van der Waals surface area contributed by atoms with E-state index in [-0.39, 0.29) is 6.04 Å². The molecule has 82 valence electrons. The van der Waals surface area contributed by atoms with Gasteiger partial charge in [-0.05, 0) is 18.8 Å². The summed E-state index contributed by atoms with van der Waals surface area (Å²) in [6.45, 7) is 0. The summed E-state index contributed by atoms with van der Waals surface area (Å²) in [6, 6.07) is 0.500. The number of rotatable bonds is 4. The number of ether oxygens (including phenoxy) is 1. The third-order valence-electron chi connectivity index (χ3n) is 2.63. The molecule has 1 heterocycles. The average molecular weight is 228 g/mol. The van der Waals surface area contributed by atoms with Crippen molar-refractivity contribution in [3.05, 3.63) is 16.9 Å². The van der Waals surface area contributed by atoms with Crippen molar-refractivity contribution in [1.29, 1.82) is 0 Å². The zero-order valence-corrected chi connectivity index (χ0v) is 9.37. The third-order valence-corrected chi connectivity index (χ3v) is 2.95. The summed E-state index contributed by atoms with van der Waals surface area (Å²) < 4.78 is 4.95. The van der Waals surface area contributed by atoms with Crippen LogP contribution in [-0.2, 0) is 6.42 Å². The Morgan fingerprint density at radius 2 is 2.40 bits per heavy atom. The zero-order chi connectivity index (χ0) is 10.8. The van der Waals surface area contributed by atoms with Gasteiger partial charge in [-0.15, -0.1) is 0 Å². The first-order valence-electron chi connectivity index (χ1n) is 5.01. The van der Waals surface area contributed by atoms with Gasteiger partial charge < -0.3 is 10.5 Å². The predicted octanol–water partition coefficient (Wildman–Crippen LogP) is 1.42. The summed E-state index contributed by atoms with van der Waals surface area (Å²) in [6.07, 6.45) is 4.70. The Kier molecular flexibility index (Phi) is 3.07. The number of hydrogen-bond donors (Lipinski definition) is 1. The van der Waals surface area contributed by atoms with Crippen molar-refractivity contribution in [2.45, 2.75) is 25.3 Å². The SMILES string of the molecule is COc1ncc(Cl)c(CC(N)C2CC2)n1. The van der Waals surface area contributed by atoms with Gasteiger partial charge in [0.1, 0.15) is 0 Å². The van der Waals surface area contributed by atoms with Crippen molar-refractivity contribution in [2.75, 3.05) is 7.11 Å². The quantitative estimate of drug-likeness (QED) is 0.845. The molecule has 1 aromatic rings. The number of hydrogen-bond acceptors (Lipinski definition) is 4. The minimum Gasteiger partial charge on any atom is -0.467 e. The fraction of sp³-hybridized carbons (Fsp3) is 0.600. The minimum absolute atomic E-state index is 0.155. The Bertz CT molecular complexity index is 355. The first-order chi connectivity index (χ1) is 7.20. The summed E-state index contributed by atoms with van der Waals surface area (Å²) in [5, 5.41) is 0.562. The molecular formula is C10H14ClN3O. The van der Waals surface area contributed by atoms with Crippen LogP contribution in [-0.4, -0.2) is 23.1 Å². The molecule has 1 aliphatic carbocycles. The highest BCUT2D eigenvalue weighted by Gasteiger charge is 2.29. The lowest BCUT2D eigenvalue weighted by Gasteiger charge is -2.10. The van der Waals surface area contributed by atoms with E-state index in [2.05, 4.69) is 9.97 Å². The maximum atomic E-state index is 6.01. The van der Waals surface area contributed by atoms with E-state index in [9.17, 15) is 0 Å². The molecule has 0 aromatic carbocycles. The topological polar surface area (TPSA) is 61.0 Å². The molecule has 5 heteroatoms. The Hall–Kier alpha value is -0.870. The maximum Gasteiger partial charge on any atom is 0.316 e. The molecule has 1 fully saturated rings. The molecule has 1 aliphatic rings. The van der Waals surface area contributed by atoms with Crippen LogP contribution in [0.1, 0.15) is 18.5 Å². The molecule has 2 N–H and O–H groups in total. The number of nitrogens with two attached hydrogens (primary N) is 1. The van der Waals surface area contributed by atoms with E-state index >= 15 is 0 Å². The molecule has 0 radical (unpaired) electrons. The lowest BCUT2D eigenvalue weighted by atomic mass is 10.1. The van der Waals surface area contributed by atoms with Crippen LogP contribution < -0.4 is 10.5 Å². The van der Waals surface area contributed by atoms with E-state index < -0.39 is 0 Å². The van der Waals surface area contributed by atoms with E-state index in [1.54, 1.807) is 6.20 Å². The van der Waals surface area contributed by atoms with Crippen LogP contribution in [0.15, 0.2) is 6.20 Å². The van der Waals surface area contributed by atoms with Crippen LogP contribution in [0.5, 0.6) is 6.01 Å². The van der Waals surface area contributed by atoms with Crippen molar-refractivity contribution in [1.82, 2.24) is 9.97 Å². The Labute approximate surface area is 93.8 Å². The first-order valence-corrected chi connectivity index (χ1v) is 5.39. The van der Waals surface area contributed by atoms with Crippen molar-refractivity contribution < 1.29 is 4.74 Å². The number of methoxy groups -OCH3 is 1. The zero-order valence-electron chi connectivity index (χ0n) is 8.61. The van der Waals surface area contributed by atoms with Crippen LogP contribution in [0.3, 0.4) is 0 Å². The van der Waals surface area contributed by atoms with E-state index in [0.29, 0.717) is 23.4 Å². The van der Waals surface area contributed by atoms with E-state index in [4.69, 9.17) is 22.1 Å². The fourth-order valence-corrected chi connectivity index (χ4v) is 1.71. The number of halogens is 1. The molecule has 15 heavy (non-hydrogen) atoms. The predicted molar refractivity (Wildman–Crippen MR) is 58.0 cm³/mol. The molecule has 1 atom stereocenters. The lowest BCUT2D eigenvalue weighted by Crippen LogP contribution is -2.25. The summed E-state index contributed by atoms with van der Waals surface area (Å²) in [7, 11) is 1.54. The monoisotopic (exact) mass is 227 g/mol. The molecule has 0 spiro atoms. The number of nitrogens with zero attached hydrogens (tertiary/aromatic N) is 2. The summed E-state index contributed by atoms with van der Waals surface area (Å²) >= 11 is 5.99. The van der Waals surface area contributed by atoms with Crippen molar-refractivity contribution in [3.8, 4) is 6.01 Å². The molecule has 0 saturated heterocycles. The van der Waals surface area contributed by atoms with Gasteiger partial charge in [0, 0.05) is 12.5 Å². The Morgan fingerprint density at radius 1 is 1.67 bits per heavy atom. The molecule has 0 amide bonds. The molecule has 1 aromatic heterocycles. The second kappa shape index (κ2) is 4.33. The van der Waals surface area contributed by atoms with Gasteiger partial charge in [-0.2, -0.15) is 4.98 Å². The van der Waals surface area contributed by atoms with Gasteiger partial charge >= 0.3 is 6.01 Å². The highest BCUT2D eigenvalue weighted by Crippen LogP contribution is 2.33. The van der Waals surface area contributed by atoms with E-state index in [1.165, 1.54) is 20.0 Å². The fourth-order valence-electron chi connectivity index (χ4n) is 1.54. The lowest BCUT2D eigenvalue weighted by molar-refractivity contribution is 0.377. The van der Waals surface area contributed by atoms with Gasteiger partial charge in [0.05, 0.1) is 24.0 Å². The van der Waals surface area contributed by atoms with Gasteiger partial charge in [-0.3, -0.25) is 0 Å². The molecule has 0 aliphatic heterocycles.